The van der Waals surface area contributed by atoms with Crippen LogP contribution in [-0.2, 0) is 6.54 Å². The number of hydrogen-bond donors (Lipinski definition) is 1. The van der Waals surface area contributed by atoms with Crippen molar-refractivity contribution in [3.05, 3.63) is 35.9 Å². The number of hydrogen-bond acceptors (Lipinski definition) is 2. The van der Waals surface area contributed by atoms with Crippen molar-refractivity contribution < 1.29 is 0 Å². The van der Waals surface area contributed by atoms with E-state index in [0.29, 0.717) is 0 Å². The van der Waals surface area contributed by atoms with Gasteiger partial charge in [-0.2, -0.15) is 0 Å². The zero-order chi connectivity index (χ0) is 12.6. The van der Waals surface area contributed by atoms with Crippen LogP contribution in [0.15, 0.2) is 30.3 Å². The summed E-state index contributed by atoms with van der Waals surface area (Å²) in [5, 5.41) is 3.54. The maximum Gasteiger partial charge on any atom is 0.0205 e. The molecule has 1 N–H and O–H groups in total. The molecule has 0 saturated carbocycles. The minimum atomic E-state index is 0.855. The molecule has 1 heterocycles. The van der Waals surface area contributed by atoms with Crippen LogP contribution in [0, 0.1) is 0 Å². The molecule has 100 valence electrons. The smallest absolute Gasteiger partial charge is 0.0205 e. The molecule has 1 aliphatic rings. The largest absolute Gasteiger partial charge is 0.313 e. The Bertz CT molecular complexity index is 323. The minimum Gasteiger partial charge on any atom is -0.313 e. The Balaban J connectivity index is 1.56. The van der Waals surface area contributed by atoms with E-state index in [1.165, 1.54) is 44.3 Å². The van der Waals surface area contributed by atoms with Crippen LogP contribution in [0.2, 0.25) is 0 Å². The van der Waals surface area contributed by atoms with Gasteiger partial charge in [0.25, 0.3) is 0 Å². The van der Waals surface area contributed by atoms with Gasteiger partial charge in [-0.05, 0) is 50.9 Å². The summed E-state index contributed by atoms with van der Waals surface area (Å²) in [5.41, 5.74) is 1.38. The van der Waals surface area contributed by atoms with Crippen molar-refractivity contribution in [3.63, 3.8) is 0 Å². The molecule has 1 aliphatic heterocycles. The molecule has 0 unspecified atom stereocenters. The zero-order valence-electron chi connectivity index (χ0n) is 11.6. The molecule has 0 aliphatic carbocycles. The molecule has 2 rings (SSSR count). The van der Waals surface area contributed by atoms with E-state index >= 15 is 0 Å². The molecular weight excluding hydrogens is 220 g/mol. The fourth-order valence-electron chi connectivity index (χ4n) is 2.93. The van der Waals surface area contributed by atoms with E-state index in [2.05, 4.69) is 47.5 Å². The third kappa shape index (κ3) is 4.11. The Morgan fingerprint density at radius 1 is 1.28 bits per heavy atom. The Morgan fingerprint density at radius 2 is 2.11 bits per heavy atom. The van der Waals surface area contributed by atoms with Gasteiger partial charge >= 0.3 is 0 Å². The standard InChI is InChI=1S/C16H26N2/c1-2-18-13-7-11-16(18)10-6-12-17-14-15-8-4-3-5-9-15/h3-5,8-9,16-17H,2,6-7,10-14H2,1H3/t16-/m0/s1. The lowest BCUT2D eigenvalue weighted by Gasteiger charge is -2.22. The second kappa shape index (κ2) is 7.55. The summed E-state index contributed by atoms with van der Waals surface area (Å²) < 4.78 is 0. The number of nitrogens with one attached hydrogen (secondary N) is 1. The summed E-state index contributed by atoms with van der Waals surface area (Å²) >= 11 is 0. The van der Waals surface area contributed by atoms with E-state index in [9.17, 15) is 0 Å². The second-order valence-corrected chi connectivity index (χ2v) is 5.23. The lowest BCUT2D eigenvalue weighted by Crippen LogP contribution is -2.29. The summed E-state index contributed by atoms with van der Waals surface area (Å²) in [6.45, 7) is 6.97. The first-order valence-electron chi connectivity index (χ1n) is 7.39. The second-order valence-electron chi connectivity index (χ2n) is 5.23. The first kappa shape index (κ1) is 13.6. The van der Waals surface area contributed by atoms with Crippen molar-refractivity contribution in [1.82, 2.24) is 10.2 Å². The van der Waals surface area contributed by atoms with Gasteiger partial charge in [0.05, 0.1) is 0 Å². The van der Waals surface area contributed by atoms with Crippen LogP contribution in [0.3, 0.4) is 0 Å². The number of rotatable bonds is 7. The molecule has 1 saturated heterocycles. The third-order valence-electron chi connectivity index (χ3n) is 3.97. The zero-order valence-corrected chi connectivity index (χ0v) is 11.6. The SMILES string of the molecule is CCN1CCC[C@@H]1CCCNCc1ccccc1. The number of nitrogens with zero attached hydrogens (tertiary/aromatic N) is 1. The van der Waals surface area contributed by atoms with Crippen LogP contribution in [0.1, 0.15) is 38.2 Å². The Kier molecular flexibility index (Phi) is 5.69. The van der Waals surface area contributed by atoms with Crippen LogP contribution in [0.25, 0.3) is 0 Å². The van der Waals surface area contributed by atoms with Crippen molar-refractivity contribution in [2.24, 2.45) is 0 Å². The van der Waals surface area contributed by atoms with Crippen LogP contribution >= 0.6 is 0 Å². The molecule has 0 bridgehead atoms. The lowest BCUT2D eigenvalue weighted by atomic mass is 10.1. The average molecular weight is 246 g/mol. The Labute approximate surface area is 111 Å². The van der Waals surface area contributed by atoms with Crippen LogP contribution in [0.5, 0.6) is 0 Å². The van der Waals surface area contributed by atoms with E-state index in [1.807, 2.05) is 0 Å². The average Bonchev–Trinajstić information content (AvgIpc) is 2.87. The van der Waals surface area contributed by atoms with Crippen LogP contribution < -0.4 is 5.32 Å². The molecule has 0 amide bonds. The van der Waals surface area contributed by atoms with Gasteiger partial charge in [0, 0.05) is 12.6 Å². The first-order valence-corrected chi connectivity index (χ1v) is 7.39. The van der Waals surface area contributed by atoms with Crippen molar-refractivity contribution in [3.8, 4) is 0 Å². The fraction of sp³-hybridized carbons (Fsp3) is 0.625. The molecule has 1 aromatic rings. The van der Waals surface area contributed by atoms with Crippen molar-refractivity contribution in [1.29, 1.82) is 0 Å². The van der Waals surface area contributed by atoms with E-state index < -0.39 is 0 Å². The molecule has 0 radical (unpaired) electrons. The molecule has 2 nitrogen and oxygen atoms in total. The van der Waals surface area contributed by atoms with Crippen molar-refractivity contribution >= 4 is 0 Å². The molecule has 18 heavy (non-hydrogen) atoms. The van der Waals surface area contributed by atoms with Gasteiger partial charge in [0.1, 0.15) is 0 Å². The summed E-state index contributed by atoms with van der Waals surface area (Å²) in [5.74, 6) is 0. The van der Waals surface area contributed by atoms with E-state index in [-0.39, 0.29) is 0 Å². The van der Waals surface area contributed by atoms with Gasteiger partial charge in [0.15, 0.2) is 0 Å². The quantitative estimate of drug-likeness (QED) is 0.744. The van der Waals surface area contributed by atoms with Crippen LogP contribution in [0.4, 0.5) is 0 Å². The maximum absolute atomic E-state index is 3.54. The number of benzene rings is 1. The number of likely N-dealkylation sites (tertiary alicyclic amines) is 1. The predicted octanol–water partition coefficient (Wildman–Crippen LogP) is 3.04. The summed E-state index contributed by atoms with van der Waals surface area (Å²) in [6.07, 6.45) is 5.46. The summed E-state index contributed by atoms with van der Waals surface area (Å²) in [6, 6.07) is 11.5. The molecule has 1 atom stereocenters. The van der Waals surface area contributed by atoms with Gasteiger partial charge in [-0.15, -0.1) is 0 Å². The normalized spacial score (nSPS) is 20.4. The maximum atomic E-state index is 3.54. The van der Waals surface area contributed by atoms with Gasteiger partial charge < -0.3 is 10.2 Å². The van der Waals surface area contributed by atoms with E-state index in [1.54, 1.807) is 0 Å². The molecular formula is C16H26N2. The van der Waals surface area contributed by atoms with Gasteiger partial charge in [-0.25, -0.2) is 0 Å². The summed E-state index contributed by atoms with van der Waals surface area (Å²) in [7, 11) is 0. The highest BCUT2D eigenvalue weighted by Crippen LogP contribution is 2.20. The minimum absolute atomic E-state index is 0.855. The molecule has 1 aromatic carbocycles. The third-order valence-corrected chi connectivity index (χ3v) is 3.97. The van der Waals surface area contributed by atoms with Gasteiger partial charge in [0.2, 0.25) is 0 Å². The highest BCUT2D eigenvalue weighted by Gasteiger charge is 2.21. The predicted molar refractivity (Wildman–Crippen MR) is 77.7 cm³/mol. The topological polar surface area (TPSA) is 15.3 Å². The summed E-state index contributed by atoms with van der Waals surface area (Å²) in [4.78, 5) is 2.64. The lowest BCUT2D eigenvalue weighted by molar-refractivity contribution is 0.251. The highest BCUT2D eigenvalue weighted by atomic mass is 15.2. The van der Waals surface area contributed by atoms with Crippen molar-refractivity contribution in [2.75, 3.05) is 19.6 Å². The first-order chi connectivity index (χ1) is 8.90. The molecule has 2 heteroatoms. The molecule has 0 spiro atoms. The van der Waals surface area contributed by atoms with Gasteiger partial charge in [-0.3, -0.25) is 0 Å². The van der Waals surface area contributed by atoms with Crippen LogP contribution in [-0.4, -0.2) is 30.6 Å². The highest BCUT2D eigenvalue weighted by molar-refractivity contribution is 5.14. The van der Waals surface area contributed by atoms with E-state index in [0.717, 1.165) is 19.1 Å². The monoisotopic (exact) mass is 246 g/mol. The molecule has 1 fully saturated rings. The van der Waals surface area contributed by atoms with Crippen molar-refractivity contribution in [2.45, 2.75) is 45.2 Å². The fourth-order valence-corrected chi connectivity index (χ4v) is 2.93. The Hall–Kier alpha value is -0.860. The van der Waals surface area contributed by atoms with E-state index in [4.69, 9.17) is 0 Å². The Morgan fingerprint density at radius 3 is 2.89 bits per heavy atom. The van der Waals surface area contributed by atoms with Gasteiger partial charge in [-0.1, -0.05) is 37.3 Å². The molecule has 0 aromatic heterocycles.